The molecule has 0 fully saturated rings. The number of halogens is 2. The van der Waals surface area contributed by atoms with E-state index in [-0.39, 0.29) is 22.2 Å². The van der Waals surface area contributed by atoms with Crippen molar-refractivity contribution in [2.24, 2.45) is 0 Å². The zero-order chi connectivity index (χ0) is 15.1. The zero-order valence-electron chi connectivity index (χ0n) is 10.4. The van der Waals surface area contributed by atoms with Crippen LogP contribution in [0, 0.1) is 5.82 Å². The Hall–Kier alpha value is -2.67. The Balaban J connectivity index is 2.27. The molecular formula is C13H8ClFN4O2. The summed E-state index contributed by atoms with van der Waals surface area (Å²) in [6, 6.07) is 5.52. The van der Waals surface area contributed by atoms with Crippen molar-refractivity contribution >= 4 is 29.2 Å². The average Bonchev–Trinajstić information content (AvgIpc) is 2.80. The molecule has 0 unspecified atom stereocenters. The number of rotatable bonds is 2. The van der Waals surface area contributed by atoms with Crippen LogP contribution >= 0.6 is 11.6 Å². The van der Waals surface area contributed by atoms with E-state index in [1.807, 2.05) is 0 Å². The standard InChI is InChI=1S/C13H8ClFN4O2/c14-9-4-6(1-2-10(9)15)7-3-8(12(20)21)11-17-13(16)18-19(11)5-7/h1-5H,(H2,16,18)(H,20,21). The minimum absolute atomic E-state index is 0.0354. The minimum atomic E-state index is -1.16. The van der Waals surface area contributed by atoms with Crippen LogP contribution in [0.4, 0.5) is 10.3 Å². The quantitative estimate of drug-likeness (QED) is 0.758. The predicted octanol–water partition coefficient (Wildman–Crippen LogP) is 2.47. The number of aromatic nitrogens is 3. The molecule has 3 aromatic rings. The van der Waals surface area contributed by atoms with Gasteiger partial charge < -0.3 is 10.8 Å². The summed E-state index contributed by atoms with van der Waals surface area (Å²) < 4.78 is 14.5. The maximum atomic E-state index is 13.2. The minimum Gasteiger partial charge on any atom is -0.478 e. The largest absolute Gasteiger partial charge is 0.478 e. The summed E-state index contributed by atoms with van der Waals surface area (Å²) in [4.78, 5) is 15.2. The Bertz CT molecular complexity index is 878. The van der Waals surface area contributed by atoms with Crippen LogP contribution in [0.15, 0.2) is 30.5 Å². The molecule has 0 saturated heterocycles. The fourth-order valence-corrected chi connectivity index (χ4v) is 2.17. The van der Waals surface area contributed by atoms with E-state index in [0.29, 0.717) is 11.1 Å². The number of carboxylic acids is 1. The second-order valence-corrected chi connectivity index (χ2v) is 4.72. The first-order chi connectivity index (χ1) is 9.95. The number of nitrogen functional groups attached to an aromatic ring is 1. The van der Waals surface area contributed by atoms with Gasteiger partial charge in [-0.05, 0) is 23.8 Å². The van der Waals surface area contributed by atoms with Crippen molar-refractivity contribution in [3.05, 3.63) is 46.9 Å². The SMILES string of the molecule is Nc1nc2c(C(=O)O)cc(-c3ccc(F)c(Cl)c3)cn2n1. The summed E-state index contributed by atoms with van der Waals surface area (Å²) >= 11 is 5.74. The Morgan fingerprint density at radius 3 is 2.76 bits per heavy atom. The molecule has 2 heterocycles. The van der Waals surface area contributed by atoms with E-state index < -0.39 is 11.8 Å². The van der Waals surface area contributed by atoms with E-state index in [0.717, 1.165) is 0 Å². The molecule has 0 radical (unpaired) electrons. The van der Waals surface area contributed by atoms with Gasteiger partial charge in [-0.2, -0.15) is 4.98 Å². The lowest BCUT2D eigenvalue weighted by Crippen LogP contribution is -2.02. The lowest BCUT2D eigenvalue weighted by Gasteiger charge is -2.06. The second kappa shape index (κ2) is 4.71. The van der Waals surface area contributed by atoms with Crippen LogP contribution in [-0.4, -0.2) is 25.7 Å². The maximum absolute atomic E-state index is 13.2. The van der Waals surface area contributed by atoms with Gasteiger partial charge in [-0.15, -0.1) is 5.10 Å². The third kappa shape index (κ3) is 2.27. The molecule has 106 valence electrons. The van der Waals surface area contributed by atoms with E-state index in [2.05, 4.69) is 10.1 Å². The zero-order valence-corrected chi connectivity index (χ0v) is 11.2. The van der Waals surface area contributed by atoms with Crippen molar-refractivity contribution in [2.75, 3.05) is 5.73 Å². The van der Waals surface area contributed by atoms with Gasteiger partial charge in [0.15, 0.2) is 5.65 Å². The van der Waals surface area contributed by atoms with Crippen LogP contribution in [0.2, 0.25) is 5.02 Å². The predicted molar refractivity (Wildman–Crippen MR) is 74.8 cm³/mol. The number of benzene rings is 1. The molecule has 0 aliphatic heterocycles. The van der Waals surface area contributed by atoms with Gasteiger partial charge in [0.2, 0.25) is 5.95 Å². The molecule has 0 spiro atoms. The Kier molecular flexibility index (Phi) is 2.99. The monoisotopic (exact) mass is 306 g/mol. The van der Waals surface area contributed by atoms with E-state index >= 15 is 0 Å². The molecule has 2 aromatic heterocycles. The third-order valence-corrected chi connectivity index (χ3v) is 3.22. The van der Waals surface area contributed by atoms with E-state index in [1.165, 1.54) is 28.8 Å². The van der Waals surface area contributed by atoms with Gasteiger partial charge in [-0.25, -0.2) is 13.7 Å². The summed E-state index contributed by atoms with van der Waals surface area (Å²) in [7, 11) is 0. The normalized spacial score (nSPS) is 11.0. The lowest BCUT2D eigenvalue weighted by molar-refractivity contribution is 0.0698. The van der Waals surface area contributed by atoms with Gasteiger partial charge in [0.1, 0.15) is 11.4 Å². The molecule has 8 heteroatoms. The van der Waals surface area contributed by atoms with Crippen LogP contribution < -0.4 is 5.73 Å². The Morgan fingerprint density at radius 2 is 2.10 bits per heavy atom. The molecule has 3 N–H and O–H groups in total. The number of carboxylic acid groups (broad SMARTS) is 1. The lowest BCUT2D eigenvalue weighted by atomic mass is 10.1. The maximum Gasteiger partial charge on any atom is 0.339 e. The van der Waals surface area contributed by atoms with Crippen molar-refractivity contribution in [3.63, 3.8) is 0 Å². The number of carbonyl (C=O) groups is 1. The van der Waals surface area contributed by atoms with Crippen LogP contribution in [0.1, 0.15) is 10.4 Å². The highest BCUT2D eigenvalue weighted by atomic mass is 35.5. The fraction of sp³-hybridized carbons (Fsp3) is 0. The van der Waals surface area contributed by atoms with Crippen molar-refractivity contribution in [1.82, 2.24) is 14.6 Å². The van der Waals surface area contributed by atoms with Gasteiger partial charge in [-0.1, -0.05) is 17.7 Å². The highest BCUT2D eigenvalue weighted by Gasteiger charge is 2.15. The third-order valence-electron chi connectivity index (χ3n) is 2.93. The van der Waals surface area contributed by atoms with Gasteiger partial charge in [0, 0.05) is 11.8 Å². The number of hydrogen-bond donors (Lipinski definition) is 2. The van der Waals surface area contributed by atoms with Gasteiger partial charge in [-0.3, -0.25) is 0 Å². The highest BCUT2D eigenvalue weighted by Crippen LogP contribution is 2.26. The van der Waals surface area contributed by atoms with Crippen LogP contribution in [0.3, 0.4) is 0 Å². The summed E-state index contributed by atoms with van der Waals surface area (Å²) in [5.74, 6) is -1.75. The van der Waals surface area contributed by atoms with E-state index in [1.54, 1.807) is 6.20 Å². The topological polar surface area (TPSA) is 93.5 Å². The summed E-state index contributed by atoms with van der Waals surface area (Å²) in [6.45, 7) is 0. The van der Waals surface area contributed by atoms with Gasteiger partial charge in [0.25, 0.3) is 0 Å². The van der Waals surface area contributed by atoms with E-state index in [9.17, 15) is 14.3 Å². The summed E-state index contributed by atoms with van der Waals surface area (Å²) in [5.41, 5.74) is 6.63. The number of hydrogen-bond acceptors (Lipinski definition) is 4. The number of nitrogens with two attached hydrogens (primary N) is 1. The van der Waals surface area contributed by atoms with Crippen molar-refractivity contribution in [2.45, 2.75) is 0 Å². The molecule has 1 aromatic carbocycles. The molecule has 0 aliphatic carbocycles. The Labute approximate surface area is 122 Å². The number of nitrogens with zero attached hydrogens (tertiary/aromatic N) is 3. The molecule has 0 aliphatic rings. The van der Waals surface area contributed by atoms with Crippen LogP contribution in [-0.2, 0) is 0 Å². The van der Waals surface area contributed by atoms with Crippen molar-refractivity contribution < 1.29 is 14.3 Å². The number of pyridine rings is 1. The van der Waals surface area contributed by atoms with Crippen molar-refractivity contribution in [3.8, 4) is 11.1 Å². The van der Waals surface area contributed by atoms with Gasteiger partial charge >= 0.3 is 5.97 Å². The smallest absolute Gasteiger partial charge is 0.339 e. The van der Waals surface area contributed by atoms with E-state index in [4.69, 9.17) is 17.3 Å². The molecule has 21 heavy (non-hydrogen) atoms. The second-order valence-electron chi connectivity index (χ2n) is 4.31. The first kappa shape index (κ1) is 13.3. The first-order valence-corrected chi connectivity index (χ1v) is 6.18. The molecular weight excluding hydrogens is 299 g/mol. The Morgan fingerprint density at radius 1 is 1.33 bits per heavy atom. The molecule has 0 atom stereocenters. The summed E-state index contributed by atoms with van der Waals surface area (Å²) in [6.07, 6.45) is 1.55. The molecule has 0 saturated carbocycles. The van der Waals surface area contributed by atoms with Crippen LogP contribution in [0.5, 0.6) is 0 Å². The average molecular weight is 307 g/mol. The molecule has 3 rings (SSSR count). The molecule has 0 bridgehead atoms. The number of aromatic carboxylic acids is 1. The van der Waals surface area contributed by atoms with Crippen LogP contribution in [0.25, 0.3) is 16.8 Å². The highest BCUT2D eigenvalue weighted by molar-refractivity contribution is 6.31. The summed E-state index contributed by atoms with van der Waals surface area (Å²) in [5, 5.41) is 13.1. The molecule has 6 nitrogen and oxygen atoms in total. The first-order valence-electron chi connectivity index (χ1n) is 5.80. The number of fused-ring (bicyclic) bond motifs is 1. The fourth-order valence-electron chi connectivity index (χ4n) is 1.99. The number of anilines is 1. The van der Waals surface area contributed by atoms with Crippen molar-refractivity contribution in [1.29, 1.82) is 0 Å². The van der Waals surface area contributed by atoms with Gasteiger partial charge in [0.05, 0.1) is 5.02 Å². The molecule has 0 amide bonds.